The predicted octanol–water partition coefficient (Wildman–Crippen LogP) is 16.9. The Labute approximate surface area is 407 Å². The molecule has 6 nitrogen and oxygen atoms in total. The standard InChI is InChI=1S/C52H29N3O2.C13H10O/c1-5-19-39-32(12-1)33-13-2-6-20-40(33)52(39)41-21-7-3-14-34(41)47-31(16-9-22-42(47)52)30-26-27-44-38(28-30)49-37(18-11-25-46(49)57-44)51-54-29-53-50(55-51)36-17-10-24-45-48(36)35-15-4-8-23-43(35)56-45;1-9-6-7-13-11(8-9)10-4-2-3-5-12(10)14-13/h1-29H;2-8H,1H3. The van der Waals surface area contributed by atoms with Crippen LogP contribution in [0.1, 0.15) is 27.8 Å². The van der Waals surface area contributed by atoms with Gasteiger partial charge in [0.25, 0.3) is 0 Å². The van der Waals surface area contributed by atoms with Crippen LogP contribution in [0, 0.1) is 6.92 Å². The maximum Gasteiger partial charge on any atom is 0.164 e. The highest BCUT2D eigenvalue weighted by Crippen LogP contribution is 2.64. The lowest BCUT2D eigenvalue weighted by atomic mass is 9.70. The molecule has 4 heterocycles. The molecular formula is C65H39N3O3. The van der Waals surface area contributed by atoms with Gasteiger partial charge < -0.3 is 13.3 Å². The topological polar surface area (TPSA) is 78.1 Å². The number of furan rings is 3. The lowest BCUT2D eigenvalue weighted by Crippen LogP contribution is -2.25. The van der Waals surface area contributed by atoms with E-state index in [1.54, 1.807) is 6.33 Å². The first-order chi connectivity index (χ1) is 35.1. The minimum absolute atomic E-state index is 0.405. The van der Waals surface area contributed by atoms with Crippen molar-refractivity contribution in [2.45, 2.75) is 12.3 Å². The predicted molar refractivity (Wildman–Crippen MR) is 285 cm³/mol. The average molecular weight is 910 g/mol. The zero-order chi connectivity index (χ0) is 46.8. The molecule has 0 saturated carbocycles. The fourth-order valence-corrected chi connectivity index (χ4v) is 11.9. The van der Waals surface area contributed by atoms with Crippen molar-refractivity contribution < 1.29 is 13.3 Å². The Hall–Kier alpha value is -9.39. The molecule has 332 valence electrons. The van der Waals surface area contributed by atoms with Gasteiger partial charge in [-0.3, -0.25) is 0 Å². The second kappa shape index (κ2) is 15.1. The number of rotatable bonds is 3. The summed E-state index contributed by atoms with van der Waals surface area (Å²) in [6.07, 6.45) is 1.60. The molecule has 16 rings (SSSR count). The quantitative estimate of drug-likeness (QED) is 0.176. The molecule has 0 aliphatic heterocycles. The van der Waals surface area contributed by atoms with Crippen LogP contribution < -0.4 is 0 Å². The molecule has 10 aromatic carbocycles. The molecule has 6 heteroatoms. The van der Waals surface area contributed by atoms with E-state index in [1.807, 2.05) is 72.8 Å². The van der Waals surface area contributed by atoms with Gasteiger partial charge in [-0.1, -0.05) is 169 Å². The van der Waals surface area contributed by atoms with Crippen LogP contribution in [0.25, 0.3) is 122 Å². The summed E-state index contributed by atoms with van der Waals surface area (Å²) in [5, 5.41) is 6.42. The number of aromatic nitrogens is 3. The van der Waals surface area contributed by atoms with Gasteiger partial charge in [0.2, 0.25) is 0 Å². The number of benzene rings is 10. The minimum atomic E-state index is -0.405. The number of hydrogen-bond acceptors (Lipinski definition) is 6. The van der Waals surface area contributed by atoms with Gasteiger partial charge in [0, 0.05) is 43.4 Å². The van der Waals surface area contributed by atoms with Crippen LogP contribution in [0.5, 0.6) is 0 Å². The third-order valence-electron chi connectivity index (χ3n) is 14.8. The molecular weight excluding hydrogens is 871 g/mol. The Bertz CT molecular complexity index is 4470. The Morgan fingerprint density at radius 2 is 0.803 bits per heavy atom. The van der Waals surface area contributed by atoms with E-state index in [9.17, 15) is 0 Å². The summed E-state index contributed by atoms with van der Waals surface area (Å²) in [6, 6.07) is 74.9. The molecule has 0 bridgehead atoms. The van der Waals surface area contributed by atoms with Gasteiger partial charge in [-0.05, 0) is 111 Å². The van der Waals surface area contributed by atoms with Crippen LogP contribution in [-0.2, 0) is 5.41 Å². The average Bonchev–Trinajstić information content (AvgIpc) is 4.24. The fraction of sp³-hybridized carbons (Fsp3) is 0.0308. The number of hydrogen-bond donors (Lipinski definition) is 0. The van der Waals surface area contributed by atoms with E-state index in [1.165, 1.54) is 66.4 Å². The lowest BCUT2D eigenvalue weighted by molar-refractivity contribution is 0.668. The summed E-state index contributed by atoms with van der Waals surface area (Å²) in [4.78, 5) is 14.5. The van der Waals surface area contributed by atoms with Crippen molar-refractivity contribution in [3.8, 4) is 56.2 Å². The molecule has 0 amide bonds. The molecule has 4 aromatic heterocycles. The SMILES string of the molecule is Cc1ccc2oc3ccccc3c2c1.c1ccc2c(c1)-c1ccccc1C21c2ccccc2-c2c(-c3ccc4oc5cccc(-c6ncnc(-c7cccc8oc9ccccc9c78)n6)c5c4c3)cccc21. The van der Waals surface area contributed by atoms with Crippen LogP contribution in [0.2, 0.25) is 0 Å². The highest BCUT2D eigenvalue weighted by atomic mass is 16.3. The van der Waals surface area contributed by atoms with E-state index < -0.39 is 5.41 Å². The van der Waals surface area contributed by atoms with E-state index in [0.29, 0.717) is 11.6 Å². The summed E-state index contributed by atoms with van der Waals surface area (Å²) in [5.74, 6) is 1.17. The Morgan fingerprint density at radius 1 is 0.338 bits per heavy atom. The minimum Gasteiger partial charge on any atom is -0.456 e. The zero-order valence-electron chi connectivity index (χ0n) is 38.4. The largest absolute Gasteiger partial charge is 0.456 e. The van der Waals surface area contributed by atoms with E-state index in [-0.39, 0.29) is 0 Å². The summed E-state index contributed by atoms with van der Waals surface area (Å²) in [7, 11) is 0. The van der Waals surface area contributed by atoms with Gasteiger partial charge in [-0.2, -0.15) is 0 Å². The first kappa shape index (κ1) is 39.6. The van der Waals surface area contributed by atoms with Crippen LogP contribution in [0.15, 0.2) is 232 Å². The zero-order valence-corrected chi connectivity index (χ0v) is 38.4. The summed E-state index contributed by atoms with van der Waals surface area (Å²) >= 11 is 0. The Morgan fingerprint density at radius 3 is 1.51 bits per heavy atom. The Kier molecular flexibility index (Phi) is 8.39. The van der Waals surface area contributed by atoms with Gasteiger partial charge in [-0.15, -0.1) is 0 Å². The molecule has 0 N–H and O–H groups in total. The Balaban J connectivity index is 0.000000277. The van der Waals surface area contributed by atoms with Crippen molar-refractivity contribution in [1.29, 1.82) is 0 Å². The van der Waals surface area contributed by atoms with Gasteiger partial charge in [0.05, 0.1) is 5.41 Å². The fourth-order valence-electron chi connectivity index (χ4n) is 11.9. The molecule has 1 spiro atoms. The van der Waals surface area contributed by atoms with E-state index in [0.717, 1.165) is 71.7 Å². The van der Waals surface area contributed by atoms with Gasteiger partial charge in [-0.25, -0.2) is 15.0 Å². The van der Waals surface area contributed by atoms with Crippen molar-refractivity contribution >= 4 is 65.8 Å². The van der Waals surface area contributed by atoms with Crippen LogP contribution >= 0.6 is 0 Å². The smallest absolute Gasteiger partial charge is 0.164 e. The first-order valence-corrected chi connectivity index (χ1v) is 24.0. The highest BCUT2D eigenvalue weighted by Gasteiger charge is 2.52. The molecule has 14 aromatic rings. The summed E-state index contributed by atoms with van der Waals surface area (Å²) in [6.45, 7) is 2.10. The van der Waals surface area contributed by atoms with Crippen molar-refractivity contribution in [3.63, 3.8) is 0 Å². The molecule has 71 heavy (non-hydrogen) atoms. The van der Waals surface area contributed by atoms with Crippen molar-refractivity contribution in [2.75, 3.05) is 0 Å². The van der Waals surface area contributed by atoms with E-state index >= 15 is 0 Å². The number of fused-ring (bicyclic) bond motifs is 19. The summed E-state index contributed by atoms with van der Waals surface area (Å²) in [5.41, 5.74) is 20.6. The molecule has 0 unspecified atom stereocenters. The lowest BCUT2D eigenvalue weighted by Gasteiger charge is -2.30. The first-order valence-electron chi connectivity index (χ1n) is 24.0. The molecule has 0 atom stereocenters. The molecule has 0 fully saturated rings. The number of para-hydroxylation sites is 2. The van der Waals surface area contributed by atoms with Crippen LogP contribution in [-0.4, -0.2) is 15.0 Å². The highest BCUT2D eigenvalue weighted by molar-refractivity contribution is 6.14. The van der Waals surface area contributed by atoms with Crippen LogP contribution in [0.4, 0.5) is 0 Å². The van der Waals surface area contributed by atoms with Crippen molar-refractivity contribution in [3.05, 3.63) is 246 Å². The molecule has 2 aliphatic carbocycles. The second-order valence-electron chi connectivity index (χ2n) is 18.6. The van der Waals surface area contributed by atoms with E-state index in [4.69, 9.17) is 23.2 Å². The third-order valence-corrected chi connectivity index (χ3v) is 14.8. The molecule has 2 aliphatic rings. The number of aryl methyl sites for hydroxylation is 1. The molecule has 0 radical (unpaired) electrons. The van der Waals surface area contributed by atoms with Crippen molar-refractivity contribution in [2.24, 2.45) is 0 Å². The van der Waals surface area contributed by atoms with Gasteiger partial charge in [0.1, 0.15) is 39.8 Å². The van der Waals surface area contributed by atoms with Gasteiger partial charge in [0.15, 0.2) is 11.6 Å². The monoisotopic (exact) mass is 909 g/mol. The summed E-state index contributed by atoms with van der Waals surface area (Å²) < 4.78 is 18.4. The van der Waals surface area contributed by atoms with E-state index in [2.05, 4.69) is 151 Å². The second-order valence-corrected chi connectivity index (χ2v) is 18.6. The van der Waals surface area contributed by atoms with Crippen LogP contribution in [0.3, 0.4) is 0 Å². The number of nitrogens with zero attached hydrogens (tertiary/aromatic N) is 3. The maximum atomic E-state index is 6.54. The third kappa shape index (κ3) is 5.67. The molecule has 0 saturated heterocycles. The van der Waals surface area contributed by atoms with Gasteiger partial charge >= 0.3 is 0 Å². The van der Waals surface area contributed by atoms with Crippen molar-refractivity contribution in [1.82, 2.24) is 15.0 Å². The maximum absolute atomic E-state index is 6.54. The normalized spacial score (nSPS) is 13.0.